The van der Waals surface area contributed by atoms with Gasteiger partial charge < -0.3 is 5.73 Å². The summed E-state index contributed by atoms with van der Waals surface area (Å²) in [6.07, 6.45) is 0. The third kappa shape index (κ3) is 2.55. The molecule has 0 aliphatic carbocycles. The number of hydrogen-bond acceptors (Lipinski definition) is 1. The van der Waals surface area contributed by atoms with Crippen LogP contribution in [0.1, 0.15) is 30.0 Å². The Balaban J connectivity index is 2.06. The molecule has 21 heavy (non-hydrogen) atoms. The minimum Gasteiger partial charge on any atom is -0.323 e. The van der Waals surface area contributed by atoms with Gasteiger partial charge in [0, 0.05) is 17.3 Å². The van der Waals surface area contributed by atoms with Crippen molar-refractivity contribution in [3.63, 3.8) is 0 Å². The van der Waals surface area contributed by atoms with Gasteiger partial charge in [0.1, 0.15) is 5.82 Å². The lowest BCUT2D eigenvalue weighted by Gasteiger charge is -2.22. The van der Waals surface area contributed by atoms with Gasteiger partial charge in [0.15, 0.2) is 0 Å². The topological polar surface area (TPSA) is 26.0 Å². The van der Waals surface area contributed by atoms with E-state index in [1.807, 2.05) is 42.5 Å². The highest BCUT2D eigenvalue weighted by Crippen LogP contribution is 2.33. The third-order valence-electron chi connectivity index (χ3n) is 4.13. The Labute approximate surface area is 124 Å². The van der Waals surface area contributed by atoms with E-state index in [9.17, 15) is 4.39 Å². The van der Waals surface area contributed by atoms with E-state index in [2.05, 4.69) is 19.1 Å². The van der Waals surface area contributed by atoms with Gasteiger partial charge in [0.25, 0.3) is 0 Å². The highest BCUT2D eigenvalue weighted by molar-refractivity contribution is 5.86. The first-order chi connectivity index (χ1) is 10.2. The van der Waals surface area contributed by atoms with E-state index in [4.69, 9.17) is 5.73 Å². The number of benzene rings is 3. The van der Waals surface area contributed by atoms with Crippen molar-refractivity contribution < 1.29 is 4.39 Å². The Morgan fingerprint density at radius 1 is 0.810 bits per heavy atom. The Morgan fingerprint density at radius 2 is 1.43 bits per heavy atom. The molecular formula is C19H18FN. The van der Waals surface area contributed by atoms with Crippen molar-refractivity contribution >= 4 is 10.8 Å². The summed E-state index contributed by atoms with van der Waals surface area (Å²) in [5.41, 5.74) is 8.65. The van der Waals surface area contributed by atoms with Crippen LogP contribution in [0.5, 0.6) is 0 Å². The van der Waals surface area contributed by atoms with Crippen LogP contribution in [0, 0.1) is 5.82 Å². The van der Waals surface area contributed by atoms with Gasteiger partial charge in [-0.1, -0.05) is 67.6 Å². The fraction of sp³-hybridized carbons (Fsp3) is 0.158. The highest BCUT2D eigenvalue weighted by atomic mass is 19.1. The molecule has 3 aromatic rings. The monoisotopic (exact) mass is 279 g/mol. The lowest BCUT2D eigenvalue weighted by molar-refractivity contribution is 0.598. The van der Waals surface area contributed by atoms with E-state index < -0.39 is 0 Å². The van der Waals surface area contributed by atoms with Crippen molar-refractivity contribution in [2.75, 3.05) is 0 Å². The van der Waals surface area contributed by atoms with Crippen LogP contribution in [0.3, 0.4) is 0 Å². The van der Waals surface area contributed by atoms with Gasteiger partial charge >= 0.3 is 0 Å². The van der Waals surface area contributed by atoms with Gasteiger partial charge in [-0.25, -0.2) is 4.39 Å². The van der Waals surface area contributed by atoms with E-state index in [-0.39, 0.29) is 17.8 Å². The molecule has 2 heteroatoms. The summed E-state index contributed by atoms with van der Waals surface area (Å²) in [7, 11) is 0. The lowest BCUT2D eigenvalue weighted by atomic mass is 9.87. The molecule has 0 fully saturated rings. The second-order valence-electron chi connectivity index (χ2n) is 5.41. The average Bonchev–Trinajstić information content (AvgIpc) is 2.55. The predicted octanol–water partition coefficient (Wildman–Crippen LogP) is 4.78. The van der Waals surface area contributed by atoms with E-state index in [0.29, 0.717) is 5.39 Å². The molecule has 0 spiro atoms. The maximum Gasteiger partial charge on any atom is 0.131 e. The van der Waals surface area contributed by atoms with E-state index in [1.165, 1.54) is 11.6 Å². The molecule has 3 aromatic carbocycles. The molecule has 106 valence electrons. The van der Waals surface area contributed by atoms with Crippen LogP contribution in [-0.2, 0) is 0 Å². The minimum atomic E-state index is -0.200. The molecule has 0 aromatic heterocycles. The lowest BCUT2D eigenvalue weighted by Crippen LogP contribution is -2.18. The Bertz CT molecular complexity index is 752. The van der Waals surface area contributed by atoms with Crippen LogP contribution in [0.4, 0.5) is 4.39 Å². The zero-order chi connectivity index (χ0) is 14.8. The first-order valence-electron chi connectivity index (χ1n) is 7.16. The van der Waals surface area contributed by atoms with Crippen LogP contribution >= 0.6 is 0 Å². The number of hydrogen-bond donors (Lipinski definition) is 1. The Morgan fingerprint density at radius 3 is 2.14 bits per heavy atom. The molecule has 0 aliphatic heterocycles. The summed E-state index contributed by atoms with van der Waals surface area (Å²) in [4.78, 5) is 0. The van der Waals surface area contributed by atoms with Crippen molar-refractivity contribution in [2.45, 2.75) is 18.9 Å². The van der Waals surface area contributed by atoms with Gasteiger partial charge in [0.05, 0.1) is 0 Å². The summed E-state index contributed by atoms with van der Waals surface area (Å²) in [6.45, 7) is 2.11. The zero-order valence-corrected chi connectivity index (χ0v) is 12.0. The van der Waals surface area contributed by atoms with Crippen LogP contribution in [0.2, 0.25) is 0 Å². The number of rotatable bonds is 3. The van der Waals surface area contributed by atoms with Crippen molar-refractivity contribution in [3.05, 3.63) is 83.7 Å². The molecule has 2 unspecified atom stereocenters. The van der Waals surface area contributed by atoms with Gasteiger partial charge in [-0.2, -0.15) is 0 Å². The number of fused-ring (bicyclic) bond motifs is 1. The second-order valence-corrected chi connectivity index (χ2v) is 5.41. The molecule has 0 radical (unpaired) electrons. The van der Waals surface area contributed by atoms with E-state index in [1.54, 1.807) is 6.07 Å². The Kier molecular flexibility index (Phi) is 3.72. The first kappa shape index (κ1) is 13.8. The molecule has 0 bridgehead atoms. The molecule has 0 saturated heterocycles. The molecule has 2 atom stereocenters. The van der Waals surface area contributed by atoms with E-state index in [0.717, 1.165) is 10.9 Å². The van der Waals surface area contributed by atoms with Gasteiger partial charge in [0.2, 0.25) is 0 Å². The normalized spacial score (nSPS) is 14.0. The van der Waals surface area contributed by atoms with Gasteiger partial charge in [-0.05, 0) is 22.6 Å². The van der Waals surface area contributed by atoms with Crippen molar-refractivity contribution in [3.8, 4) is 0 Å². The van der Waals surface area contributed by atoms with Gasteiger partial charge in [-0.3, -0.25) is 0 Å². The quantitative estimate of drug-likeness (QED) is 0.733. The predicted molar refractivity (Wildman–Crippen MR) is 85.7 cm³/mol. The molecule has 0 heterocycles. The smallest absolute Gasteiger partial charge is 0.131 e. The number of halogens is 1. The highest BCUT2D eigenvalue weighted by Gasteiger charge is 2.19. The van der Waals surface area contributed by atoms with Crippen LogP contribution < -0.4 is 5.73 Å². The first-order valence-corrected chi connectivity index (χ1v) is 7.16. The molecule has 1 nitrogen and oxygen atoms in total. The van der Waals surface area contributed by atoms with E-state index >= 15 is 0 Å². The molecule has 0 aliphatic rings. The number of nitrogens with two attached hydrogens (primary N) is 1. The molecular weight excluding hydrogens is 261 g/mol. The second kappa shape index (κ2) is 5.66. The summed E-state index contributed by atoms with van der Waals surface area (Å²) in [5.74, 6) is -0.0334. The summed E-state index contributed by atoms with van der Waals surface area (Å²) in [5, 5.41) is 1.53. The van der Waals surface area contributed by atoms with Crippen LogP contribution in [0.25, 0.3) is 10.8 Å². The zero-order valence-electron chi connectivity index (χ0n) is 12.0. The average molecular weight is 279 g/mol. The Hall–Kier alpha value is -2.19. The molecule has 2 N–H and O–H groups in total. The van der Waals surface area contributed by atoms with Crippen molar-refractivity contribution in [1.82, 2.24) is 0 Å². The van der Waals surface area contributed by atoms with Crippen LogP contribution in [-0.4, -0.2) is 0 Å². The standard InChI is InChI=1S/C19H18FN/c1-13(14-7-3-2-4-8-14)19(21)17-11-12-18(20)16-10-6-5-9-15(16)17/h2-13,19H,21H2,1H3. The maximum atomic E-state index is 13.9. The summed E-state index contributed by atoms with van der Waals surface area (Å²) >= 11 is 0. The maximum absolute atomic E-state index is 13.9. The SMILES string of the molecule is CC(c1ccccc1)C(N)c1ccc(F)c2ccccc12. The summed E-state index contributed by atoms with van der Waals surface area (Å²) < 4.78 is 13.9. The summed E-state index contributed by atoms with van der Waals surface area (Å²) in [6, 6.07) is 20.8. The van der Waals surface area contributed by atoms with Crippen LogP contribution in [0.15, 0.2) is 66.7 Å². The fourth-order valence-electron chi connectivity index (χ4n) is 2.81. The molecule has 3 rings (SSSR count). The van der Waals surface area contributed by atoms with Crippen molar-refractivity contribution in [1.29, 1.82) is 0 Å². The minimum absolute atomic E-state index is 0.167. The molecule has 0 saturated carbocycles. The molecule has 0 amide bonds. The third-order valence-corrected chi connectivity index (χ3v) is 4.13. The van der Waals surface area contributed by atoms with Crippen molar-refractivity contribution in [2.24, 2.45) is 5.73 Å². The fourth-order valence-corrected chi connectivity index (χ4v) is 2.81. The largest absolute Gasteiger partial charge is 0.323 e. The van der Waals surface area contributed by atoms with Gasteiger partial charge in [-0.15, -0.1) is 0 Å².